The van der Waals surface area contributed by atoms with E-state index in [0.29, 0.717) is 0 Å². The second-order valence-electron chi connectivity index (χ2n) is 1.10. The minimum atomic E-state index is -3.68. The molecular weight excluding hydrogens is 167 g/mol. The number of terminal acetylenes is 3. The van der Waals surface area contributed by atoms with Crippen LogP contribution in [0.15, 0.2) is 0 Å². The van der Waals surface area contributed by atoms with Gasteiger partial charge in [0.2, 0.25) is 0 Å². The molecule has 0 saturated carbocycles. The van der Waals surface area contributed by atoms with E-state index in [2.05, 4.69) is 32.8 Å². The van der Waals surface area contributed by atoms with Crippen LogP contribution in [0.5, 0.6) is 0 Å². The molecular formula is C6H4O4P+. The Hall–Kier alpha value is -1.53. The molecule has 0 aliphatic rings. The summed E-state index contributed by atoms with van der Waals surface area (Å²) in [5.41, 5.74) is 0. The molecule has 0 aliphatic heterocycles. The van der Waals surface area contributed by atoms with E-state index >= 15 is 0 Å². The van der Waals surface area contributed by atoms with Crippen molar-refractivity contribution in [2.75, 3.05) is 0 Å². The molecule has 0 atom stereocenters. The highest BCUT2D eigenvalue weighted by molar-refractivity contribution is 7.55. The fraction of sp³-hybridized carbons (Fsp3) is 0. The van der Waals surface area contributed by atoms with E-state index in [-0.39, 0.29) is 0 Å². The maximum Gasteiger partial charge on any atom is 0.741 e. The summed E-state index contributed by atoms with van der Waals surface area (Å²) in [5, 5.41) is 0. The van der Waals surface area contributed by atoms with Crippen molar-refractivity contribution in [1.29, 1.82) is 0 Å². The minimum Gasteiger partial charge on any atom is -0.191 e. The van der Waals surface area contributed by atoms with Crippen LogP contribution in [0.4, 0.5) is 0 Å². The average Bonchev–Trinajstić information content (AvgIpc) is 1.88. The highest BCUT2D eigenvalue weighted by Crippen LogP contribution is 2.57. The van der Waals surface area contributed by atoms with Crippen molar-refractivity contribution < 1.29 is 18.5 Å². The first kappa shape index (κ1) is 9.47. The second-order valence-corrected chi connectivity index (χ2v) is 2.58. The van der Waals surface area contributed by atoms with Gasteiger partial charge in [0.1, 0.15) is 0 Å². The second kappa shape index (κ2) is 4.31. The molecule has 0 rings (SSSR count). The molecule has 11 heavy (non-hydrogen) atoms. The zero-order valence-electron chi connectivity index (χ0n) is 5.35. The third-order valence-corrected chi connectivity index (χ3v) is 1.51. The molecule has 0 bridgehead atoms. The van der Waals surface area contributed by atoms with Gasteiger partial charge in [-0.1, -0.05) is 19.3 Å². The van der Waals surface area contributed by atoms with Crippen molar-refractivity contribution in [3.05, 3.63) is 0 Å². The number of rotatable bonds is 3. The summed E-state index contributed by atoms with van der Waals surface area (Å²) in [6.45, 7) is 0. The molecule has 5 heteroatoms. The van der Waals surface area contributed by atoms with E-state index < -0.39 is 8.17 Å². The highest BCUT2D eigenvalue weighted by atomic mass is 31.2. The molecule has 0 saturated heterocycles. The summed E-state index contributed by atoms with van der Waals surface area (Å²) in [6.07, 6.45) is 18.9. The fourth-order valence-electron chi connectivity index (χ4n) is 0.256. The van der Waals surface area contributed by atoms with Crippen LogP contribution in [0.3, 0.4) is 0 Å². The third-order valence-electron chi connectivity index (χ3n) is 0.504. The molecule has 0 aliphatic carbocycles. The monoisotopic (exact) mass is 171 g/mol. The van der Waals surface area contributed by atoms with Crippen LogP contribution in [0, 0.1) is 37.6 Å². The molecule has 0 aromatic heterocycles. The predicted octanol–water partition coefficient (Wildman–Crippen LogP) is 0.478. The van der Waals surface area contributed by atoms with Gasteiger partial charge in [-0.3, -0.25) is 0 Å². The van der Waals surface area contributed by atoms with Gasteiger partial charge in [-0.15, -0.1) is 4.89 Å². The molecule has 0 amide bonds. The first-order chi connectivity index (χ1) is 5.18. The highest BCUT2D eigenvalue weighted by Gasteiger charge is 2.48. The van der Waals surface area contributed by atoms with E-state index in [9.17, 15) is 0 Å². The normalized spacial score (nSPS) is 8.18. The Morgan fingerprint density at radius 1 is 0.909 bits per heavy atom. The van der Waals surface area contributed by atoms with E-state index in [1.165, 1.54) is 0 Å². The van der Waals surface area contributed by atoms with Crippen LogP contribution >= 0.6 is 8.17 Å². The van der Waals surface area contributed by atoms with Crippen LogP contribution in [0.1, 0.15) is 0 Å². The standard InChI is InChI=1S/C6H4O4P/c1-4-8-11(7,9-5-2)10-6-3/h1-3,7H/q+1. The molecule has 0 spiro atoms. The van der Waals surface area contributed by atoms with Crippen molar-refractivity contribution in [2.45, 2.75) is 0 Å². The van der Waals surface area contributed by atoms with Crippen molar-refractivity contribution in [3.63, 3.8) is 0 Å². The maximum absolute atomic E-state index is 9.03. The summed E-state index contributed by atoms with van der Waals surface area (Å²) in [7, 11) is -3.68. The molecule has 1 N–H and O–H groups in total. The largest absolute Gasteiger partial charge is 0.741 e. The van der Waals surface area contributed by atoms with Crippen LogP contribution in [0.2, 0.25) is 0 Å². The third kappa shape index (κ3) is 3.23. The van der Waals surface area contributed by atoms with Gasteiger partial charge in [0, 0.05) is 0 Å². The van der Waals surface area contributed by atoms with Crippen LogP contribution < -0.4 is 0 Å². The van der Waals surface area contributed by atoms with E-state index in [4.69, 9.17) is 4.89 Å². The van der Waals surface area contributed by atoms with Gasteiger partial charge in [0.25, 0.3) is 0 Å². The Labute approximate surface area is 65.1 Å². The Kier molecular flexibility index (Phi) is 3.71. The lowest BCUT2D eigenvalue weighted by Gasteiger charge is -2.02. The van der Waals surface area contributed by atoms with Gasteiger partial charge in [0.15, 0.2) is 18.3 Å². The number of hydrogen-bond acceptors (Lipinski definition) is 4. The smallest absolute Gasteiger partial charge is 0.191 e. The SMILES string of the molecule is C#CO[P+](O)(OC#C)OC#C. The lowest BCUT2D eigenvalue weighted by molar-refractivity contribution is 0.216. The van der Waals surface area contributed by atoms with Crippen LogP contribution in [-0.4, -0.2) is 4.89 Å². The van der Waals surface area contributed by atoms with Crippen molar-refractivity contribution in [1.82, 2.24) is 0 Å². The zero-order valence-corrected chi connectivity index (χ0v) is 6.25. The molecule has 4 nitrogen and oxygen atoms in total. The topological polar surface area (TPSA) is 47.9 Å². The Balaban J connectivity index is 4.20. The maximum atomic E-state index is 9.03. The summed E-state index contributed by atoms with van der Waals surface area (Å²) >= 11 is 0. The quantitative estimate of drug-likeness (QED) is 0.495. The molecule has 0 aromatic rings. The molecule has 56 valence electrons. The minimum absolute atomic E-state index is 1.64. The van der Waals surface area contributed by atoms with Crippen molar-refractivity contribution in [2.24, 2.45) is 0 Å². The fourth-order valence-corrected chi connectivity index (χ4v) is 0.767. The van der Waals surface area contributed by atoms with E-state index in [1.54, 1.807) is 18.3 Å². The van der Waals surface area contributed by atoms with Crippen LogP contribution in [0.25, 0.3) is 0 Å². The van der Waals surface area contributed by atoms with Gasteiger partial charge in [0.05, 0.1) is 0 Å². The molecule has 0 fully saturated rings. The first-order valence-electron chi connectivity index (χ1n) is 2.23. The predicted molar refractivity (Wildman–Crippen MR) is 38.9 cm³/mol. The van der Waals surface area contributed by atoms with Crippen molar-refractivity contribution >= 4 is 8.17 Å². The van der Waals surface area contributed by atoms with Gasteiger partial charge in [-0.2, -0.15) is 13.6 Å². The average molecular weight is 171 g/mol. The molecule has 0 radical (unpaired) electrons. The Bertz CT molecular complexity index is 200. The van der Waals surface area contributed by atoms with Gasteiger partial charge < -0.3 is 0 Å². The van der Waals surface area contributed by atoms with E-state index in [1.807, 2.05) is 0 Å². The molecule has 0 aromatic carbocycles. The molecule has 0 heterocycles. The van der Waals surface area contributed by atoms with Crippen molar-refractivity contribution in [3.8, 4) is 37.6 Å². The first-order valence-corrected chi connectivity index (χ1v) is 3.72. The van der Waals surface area contributed by atoms with E-state index in [0.717, 1.165) is 0 Å². The Morgan fingerprint density at radius 3 is 1.36 bits per heavy atom. The summed E-state index contributed by atoms with van der Waals surface area (Å²) in [5.74, 6) is 0. The lowest BCUT2D eigenvalue weighted by Crippen LogP contribution is -1.97. The van der Waals surface area contributed by atoms with Gasteiger partial charge in [-0.25, -0.2) is 0 Å². The van der Waals surface area contributed by atoms with Gasteiger partial charge in [-0.05, 0) is 0 Å². The summed E-state index contributed by atoms with van der Waals surface area (Å²) < 4.78 is 12.5. The Morgan fingerprint density at radius 2 is 1.18 bits per heavy atom. The number of hydrogen-bond donors (Lipinski definition) is 1. The molecule has 0 unspecified atom stereocenters. The zero-order chi connectivity index (χ0) is 8.74. The summed E-state index contributed by atoms with van der Waals surface area (Å²) in [4.78, 5) is 9.03. The lowest BCUT2D eigenvalue weighted by atomic mass is 11.3. The van der Waals surface area contributed by atoms with Gasteiger partial charge >= 0.3 is 8.17 Å². The summed E-state index contributed by atoms with van der Waals surface area (Å²) in [6, 6.07) is 0. The van der Waals surface area contributed by atoms with Crippen LogP contribution in [-0.2, 0) is 13.6 Å².